The van der Waals surface area contributed by atoms with Gasteiger partial charge in [-0.3, -0.25) is 4.79 Å². The van der Waals surface area contributed by atoms with Gasteiger partial charge in [-0.25, -0.2) is 0 Å². The van der Waals surface area contributed by atoms with Gasteiger partial charge in [-0.15, -0.1) is 0 Å². The van der Waals surface area contributed by atoms with Gasteiger partial charge in [-0.05, 0) is 32.6 Å². The highest BCUT2D eigenvalue weighted by Crippen LogP contribution is 2.37. The first-order chi connectivity index (χ1) is 7.84. The van der Waals surface area contributed by atoms with Gasteiger partial charge in [0.15, 0.2) is 0 Å². The molecule has 1 amide bonds. The van der Waals surface area contributed by atoms with E-state index < -0.39 is 18.2 Å². The maximum atomic E-state index is 12.4. The summed E-state index contributed by atoms with van der Waals surface area (Å²) in [6.07, 6.45) is -3.71. The summed E-state index contributed by atoms with van der Waals surface area (Å²) in [7, 11) is 1.42. The largest absolute Gasteiger partial charge is 0.391 e. The molecule has 1 unspecified atom stereocenters. The molecule has 0 saturated heterocycles. The van der Waals surface area contributed by atoms with Crippen molar-refractivity contribution in [3.05, 3.63) is 0 Å². The van der Waals surface area contributed by atoms with Gasteiger partial charge in [0.1, 0.15) is 6.10 Å². The third-order valence-corrected chi connectivity index (χ3v) is 3.26. The van der Waals surface area contributed by atoms with E-state index >= 15 is 0 Å². The zero-order chi connectivity index (χ0) is 13.1. The van der Waals surface area contributed by atoms with Crippen molar-refractivity contribution >= 4 is 5.91 Å². The molecule has 1 atom stereocenters. The average molecular weight is 253 g/mol. The fourth-order valence-electron chi connectivity index (χ4n) is 1.99. The number of halogens is 3. The van der Waals surface area contributed by atoms with Crippen LogP contribution in [0.15, 0.2) is 0 Å². The molecule has 0 aliphatic heterocycles. The Morgan fingerprint density at radius 1 is 1.29 bits per heavy atom. The van der Waals surface area contributed by atoms with Crippen molar-refractivity contribution in [2.75, 3.05) is 7.11 Å². The Bertz CT molecular complexity index is 260. The molecule has 100 valence electrons. The second-order valence-corrected chi connectivity index (χ2v) is 4.48. The highest BCUT2D eigenvalue weighted by molar-refractivity contribution is 5.80. The SMILES string of the molecule is COC(C)C(=O)NC1CCC(C(F)(F)F)CC1. The van der Waals surface area contributed by atoms with Crippen LogP contribution in [-0.2, 0) is 9.53 Å². The van der Waals surface area contributed by atoms with Crippen molar-refractivity contribution in [1.29, 1.82) is 0 Å². The lowest BCUT2D eigenvalue weighted by atomic mass is 9.85. The molecule has 3 nitrogen and oxygen atoms in total. The lowest BCUT2D eigenvalue weighted by Crippen LogP contribution is -2.43. The second-order valence-electron chi connectivity index (χ2n) is 4.48. The van der Waals surface area contributed by atoms with E-state index in [1.165, 1.54) is 7.11 Å². The number of ether oxygens (including phenoxy) is 1. The topological polar surface area (TPSA) is 38.3 Å². The number of carbonyl (C=O) groups excluding carboxylic acids is 1. The summed E-state index contributed by atoms with van der Waals surface area (Å²) >= 11 is 0. The van der Waals surface area contributed by atoms with E-state index in [0.717, 1.165) is 0 Å². The Labute approximate surface area is 98.7 Å². The number of alkyl halides is 3. The standard InChI is InChI=1S/C11H18F3NO2/c1-7(17-2)10(16)15-9-5-3-8(4-6-9)11(12,13)14/h7-9H,3-6H2,1-2H3,(H,15,16). The third kappa shape index (κ3) is 4.18. The summed E-state index contributed by atoms with van der Waals surface area (Å²) in [5.41, 5.74) is 0. The number of hydrogen-bond acceptors (Lipinski definition) is 2. The zero-order valence-corrected chi connectivity index (χ0v) is 10.0. The number of hydrogen-bond donors (Lipinski definition) is 1. The van der Waals surface area contributed by atoms with E-state index in [1.807, 2.05) is 0 Å². The Balaban J connectivity index is 2.35. The van der Waals surface area contributed by atoms with Crippen LogP contribution in [0.5, 0.6) is 0 Å². The van der Waals surface area contributed by atoms with Crippen molar-refractivity contribution in [3.63, 3.8) is 0 Å². The van der Waals surface area contributed by atoms with Gasteiger partial charge in [-0.2, -0.15) is 13.2 Å². The molecule has 0 aromatic heterocycles. The highest BCUT2D eigenvalue weighted by atomic mass is 19.4. The quantitative estimate of drug-likeness (QED) is 0.837. The summed E-state index contributed by atoms with van der Waals surface area (Å²) in [6, 6.07) is -0.154. The predicted octanol–water partition coefficient (Wildman–Crippen LogP) is 2.26. The van der Waals surface area contributed by atoms with Gasteiger partial charge in [-0.1, -0.05) is 0 Å². The van der Waals surface area contributed by atoms with E-state index in [1.54, 1.807) is 6.92 Å². The molecule has 1 aliphatic rings. The van der Waals surface area contributed by atoms with Crippen LogP contribution in [0.4, 0.5) is 13.2 Å². The van der Waals surface area contributed by atoms with Crippen molar-refractivity contribution in [2.24, 2.45) is 5.92 Å². The maximum absolute atomic E-state index is 12.4. The minimum Gasteiger partial charge on any atom is -0.372 e. The first-order valence-electron chi connectivity index (χ1n) is 5.74. The molecular weight excluding hydrogens is 235 g/mol. The number of rotatable bonds is 3. The van der Waals surface area contributed by atoms with Crippen LogP contribution in [0, 0.1) is 5.92 Å². The zero-order valence-electron chi connectivity index (χ0n) is 10.0. The highest BCUT2D eigenvalue weighted by Gasteiger charge is 2.41. The average Bonchev–Trinajstić information content (AvgIpc) is 2.27. The molecule has 1 fully saturated rings. The monoisotopic (exact) mass is 253 g/mol. The Hall–Kier alpha value is -0.780. The molecule has 0 aromatic carbocycles. The Morgan fingerprint density at radius 3 is 2.24 bits per heavy atom. The first kappa shape index (κ1) is 14.3. The molecule has 0 aromatic rings. The fraction of sp³-hybridized carbons (Fsp3) is 0.909. The normalized spacial score (nSPS) is 27.6. The van der Waals surface area contributed by atoms with Gasteiger partial charge in [0, 0.05) is 13.2 Å². The lowest BCUT2D eigenvalue weighted by molar-refractivity contribution is -0.182. The Morgan fingerprint density at radius 2 is 1.82 bits per heavy atom. The molecule has 17 heavy (non-hydrogen) atoms. The summed E-state index contributed by atoms with van der Waals surface area (Å²) in [5.74, 6) is -1.47. The molecule has 1 N–H and O–H groups in total. The molecule has 0 radical (unpaired) electrons. The van der Waals surface area contributed by atoms with Crippen LogP contribution in [0.1, 0.15) is 32.6 Å². The minimum atomic E-state index is -4.10. The third-order valence-electron chi connectivity index (χ3n) is 3.26. The summed E-state index contributed by atoms with van der Waals surface area (Å²) in [4.78, 5) is 11.5. The number of carbonyl (C=O) groups is 1. The second kappa shape index (κ2) is 5.71. The van der Waals surface area contributed by atoms with Crippen LogP contribution in [0.25, 0.3) is 0 Å². The molecule has 6 heteroatoms. The van der Waals surface area contributed by atoms with Crippen LogP contribution >= 0.6 is 0 Å². The van der Waals surface area contributed by atoms with E-state index in [0.29, 0.717) is 12.8 Å². The maximum Gasteiger partial charge on any atom is 0.391 e. The molecule has 1 rings (SSSR count). The van der Waals surface area contributed by atoms with Gasteiger partial charge in [0.05, 0.1) is 5.92 Å². The van der Waals surface area contributed by atoms with Crippen molar-refractivity contribution in [2.45, 2.75) is 50.9 Å². The van der Waals surface area contributed by atoms with Crippen LogP contribution < -0.4 is 5.32 Å². The van der Waals surface area contributed by atoms with Gasteiger partial charge < -0.3 is 10.1 Å². The minimum absolute atomic E-state index is 0.0931. The van der Waals surface area contributed by atoms with Crippen molar-refractivity contribution in [3.8, 4) is 0 Å². The summed E-state index contributed by atoms with van der Waals surface area (Å²) in [5, 5.41) is 2.71. The van der Waals surface area contributed by atoms with Crippen molar-refractivity contribution < 1.29 is 22.7 Å². The van der Waals surface area contributed by atoms with E-state index in [9.17, 15) is 18.0 Å². The summed E-state index contributed by atoms with van der Waals surface area (Å²) in [6.45, 7) is 1.61. The lowest BCUT2D eigenvalue weighted by Gasteiger charge is -2.30. The smallest absolute Gasteiger partial charge is 0.372 e. The molecule has 0 bridgehead atoms. The van der Waals surface area contributed by atoms with Crippen molar-refractivity contribution in [1.82, 2.24) is 5.32 Å². The van der Waals surface area contributed by atoms with Crippen LogP contribution in [0.3, 0.4) is 0 Å². The van der Waals surface area contributed by atoms with Crippen LogP contribution in [-0.4, -0.2) is 31.3 Å². The van der Waals surface area contributed by atoms with Gasteiger partial charge in [0.2, 0.25) is 5.91 Å². The number of nitrogens with one attached hydrogen (secondary N) is 1. The predicted molar refractivity (Wildman–Crippen MR) is 56.4 cm³/mol. The van der Waals surface area contributed by atoms with E-state index in [4.69, 9.17) is 4.74 Å². The first-order valence-corrected chi connectivity index (χ1v) is 5.74. The van der Waals surface area contributed by atoms with Crippen LogP contribution in [0.2, 0.25) is 0 Å². The van der Waals surface area contributed by atoms with E-state index in [-0.39, 0.29) is 24.8 Å². The molecule has 0 heterocycles. The number of methoxy groups -OCH3 is 1. The molecule has 0 spiro atoms. The molecule has 1 aliphatic carbocycles. The number of amides is 1. The fourth-order valence-corrected chi connectivity index (χ4v) is 1.99. The molecular formula is C11H18F3NO2. The van der Waals surface area contributed by atoms with Gasteiger partial charge in [0.25, 0.3) is 0 Å². The molecule has 1 saturated carbocycles. The van der Waals surface area contributed by atoms with E-state index in [2.05, 4.69) is 5.32 Å². The summed E-state index contributed by atoms with van der Waals surface area (Å²) < 4.78 is 42.1. The Kier molecular flexibility index (Phi) is 4.80. The van der Waals surface area contributed by atoms with Gasteiger partial charge >= 0.3 is 6.18 Å².